The van der Waals surface area contributed by atoms with Crippen LogP contribution in [0.5, 0.6) is 0 Å². The van der Waals surface area contributed by atoms with Gasteiger partial charge in [-0.25, -0.2) is 5.06 Å². The van der Waals surface area contributed by atoms with Gasteiger partial charge < -0.3 is 23.5 Å². The Labute approximate surface area is 191 Å². The van der Waals surface area contributed by atoms with Crippen molar-refractivity contribution in [3.63, 3.8) is 0 Å². The lowest BCUT2D eigenvalue weighted by Crippen LogP contribution is -2.59. The number of rotatable bonds is 3. The molecule has 0 amide bonds. The monoisotopic (exact) mass is 450 g/mol. The van der Waals surface area contributed by atoms with Crippen LogP contribution in [0, 0.1) is 0 Å². The predicted molar refractivity (Wildman–Crippen MR) is 119 cm³/mol. The van der Waals surface area contributed by atoms with Gasteiger partial charge in [-0.3, -0.25) is 10.0 Å². The Morgan fingerprint density at radius 2 is 1.79 bits per heavy atom. The molecule has 2 saturated heterocycles. The molecule has 3 aliphatic heterocycles. The summed E-state index contributed by atoms with van der Waals surface area (Å²) in [6.45, 7) is 3.62. The number of para-hydroxylation sites is 2. The van der Waals surface area contributed by atoms with Crippen LogP contribution < -0.4 is 5.06 Å². The van der Waals surface area contributed by atoms with Gasteiger partial charge in [-0.2, -0.15) is 0 Å². The van der Waals surface area contributed by atoms with Crippen molar-refractivity contribution in [2.24, 2.45) is 7.05 Å². The molecular weight excluding hydrogens is 424 g/mol. The van der Waals surface area contributed by atoms with Crippen LogP contribution in [0.4, 0.5) is 5.69 Å². The number of aryl methyl sites for hydroxylation is 1. The van der Waals surface area contributed by atoms with Gasteiger partial charge in [0, 0.05) is 42.4 Å². The summed E-state index contributed by atoms with van der Waals surface area (Å²) >= 11 is 0. The molecule has 6 rings (SSSR count). The summed E-state index contributed by atoms with van der Waals surface area (Å²) in [5, 5.41) is 13.6. The lowest BCUT2D eigenvalue weighted by atomic mass is 9.78. The summed E-state index contributed by atoms with van der Waals surface area (Å²) in [5.41, 5.74) is 0.825. The quantitative estimate of drug-likeness (QED) is 0.655. The Morgan fingerprint density at radius 1 is 1.06 bits per heavy atom. The number of methoxy groups -OCH3 is 1. The highest BCUT2D eigenvalue weighted by Gasteiger charge is 2.68. The highest BCUT2D eigenvalue weighted by Crippen LogP contribution is 2.53. The zero-order valence-electron chi connectivity index (χ0n) is 18.9. The zero-order valence-corrected chi connectivity index (χ0v) is 18.9. The molecule has 0 bridgehead atoms. The number of carbonyl (C=O) groups excluding carboxylic acids is 1. The van der Waals surface area contributed by atoms with Gasteiger partial charge in [0.2, 0.25) is 5.78 Å². The molecule has 0 aliphatic carbocycles. The third-order valence-electron chi connectivity index (χ3n) is 7.04. The maximum absolute atomic E-state index is 14.2. The molecule has 0 spiro atoms. The third-order valence-corrected chi connectivity index (χ3v) is 7.04. The standard InChI is InChI=1S/C25H26N2O6/c1-24(2)32-20-19(30-4)22(31-23(20)33-24)25(16-13-26(3)17-11-7-5-9-14(16)17)21(28)15-10-6-8-12-18(15)27(25)29/h5-13,19-20,22-23,29H,1-4H3/t19?,20?,22-,23?,25+/m0/s1. The average molecular weight is 450 g/mol. The number of anilines is 1. The first kappa shape index (κ1) is 20.8. The summed E-state index contributed by atoms with van der Waals surface area (Å²) in [7, 11) is 3.48. The molecule has 172 valence electrons. The van der Waals surface area contributed by atoms with E-state index < -0.39 is 35.9 Å². The SMILES string of the molecule is COC1C2OC(C)(C)OC2O[C@@H]1[C@@]1(c2cn(C)c3ccccc23)C(=O)c2ccccc2N1O. The van der Waals surface area contributed by atoms with Crippen LogP contribution in [0.25, 0.3) is 10.9 Å². The first-order chi connectivity index (χ1) is 15.8. The molecule has 3 aliphatic rings. The fraction of sp³-hybridized carbons (Fsp3) is 0.400. The summed E-state index contributed by atoms with van der Waals surface area (Å²) in [6.07, 6.45) is -0.959. The smallest absolute Gasteiger partial charge is 0.200 e. The molecule has 8 nitrogen and oxygen atoms in total. The Hall–Kier alpha value is -2.75. The van der Waals surface area contributed by atoms with E-state index in [4.69, 9.17) is 18.9 Å². The van der Waals surface area contributed by atoms with Crippen molar-refractivity contribution >= 4 is 22.4 Å². The van der Waals surface area contributed by atoms with Gasteiger partial charge in [0.25, 0.3) is 0 Å². The number of hydrogen-bond donors (Lipinski definition) is 1. The van der Waals surface area contributed by atoms with E-state index >= 15 is 0 Å². The molecule has 2 fully saturated rings. The normalized spacial score (nSPS) is 32.5. The molecular formula is C25H26N2O6. The predicted octanol–water partition coefficient (Wildman–Crippen LogP) is 3.36. The van der Waals surface area contributed by atoms with E-state index in [-0.39, 0.29) is 5.78 Å². The second-order valence-electron chi connectivity index (χ2n) is 9.32. The van der Waals surface area contributed by atoms with Gasteiger partial charge in [0.15, 0.2) is 17.6 Å². The minimum absolute atomic E-state index is 0.261. The molecule has 1 N–H and O–H groups in total. The first-order valence-corrected chi connectivity index (χ1v) is 11.0. The van der Waals surface area contributed by atoms with Crippen molar-refractivity contribution in [2.45, 2.75) is 49.8 Å². The number of ketones is 1. The number of fused-ring (bicyclic) bond motifs is 3. The number of hydroxylamine groups is 1. The van der Waals surface area contributed by atoms with E-state index in [2.05, 4.69) is 0 Å². The Bertz CT molecular complexity index is 1270. The van der Waals surface area contributed by atoms with Crippen molar-refractivity contribution in [1.29, 1.82) is 0 Å². The maximum atomic E-state index is 14.2. The van der Waals surface area contributed by atoms with Crippen LogP contribution in [-0.4, -0.2) is 53.1 Å². The summed E-state index contributed by atoms with van der Waals surface area (Å²) in [5.74, 6) is -1.10. The van der Waals surface area contributed by atoms with Gasteiger partial charge in [0.1, 0.15) is 18.3 Å². The molecule has 4 heterocycles. The van der Waals surface area contributed by atoms with Gasteiger partial charge in [0.05, 0.1) is 5.69 Å². The number of ether oxygens (including phenoxy) is 4. The van der Waals surface area contributed by atoms with Crippen molar-refractivity contribution in [1.82, 2.24) is 4.57 Å². The van der Waals surface area contributed by atoms with Crippen LogP contribution in [0.3, 0.4) is 0 Å². The van der Waals surface area contributed by atoms with Gasteiger partial charge in [-0.1, -0.05) is 30.3 Å². The average Bonchev–Trinajstić information content (AvgIpc) is 3.46. The number of aromatic nitrogens is 1. The molecule has 1 aromatic heterocycles. The minimum atomic E-state index is -1.59. The van der Waals surface area contributed by atoms with Gasteiger partial charge >= 0.3 is 0 Å². The van der Waals surface area contributed by atoms with E-state index in [1.54, 1.807) is 31.4 Å². The second kappa shape index (κ2) is 6.88. The number of Topliss-reactive ketones (excluding diaryl/α,β-unsaturated/α-hetero) is 1. The first-order valence-electron chi connectivity index (χ1n) is 11.0. The van der Waals surface area contributed by atoms with E-state index in [0.29, 0.717) is 16.8 Å². The van der Waals surface area contributed by atoms with Crippen LogP contribution in [0.15, 0.2) is 54.7 Å². The number of benzene rings is 2. The highest BCUT2D eigenvalue weighted by atomic mass is 16.8. The zero-order chi connectivity index (χ0) is 23.1. The lowest BCUT2D eigenvalue weighted by molar-refractivity contribution is -0.224. The van der Waals surface area contributed by atoms with E-state index in [1.165, 1.54) is 0 Å². The van der Waals surface area contributed by atoms with Gasteiger partial charge in [-0.05, 0) is 32.0 Å². The van der Waals surface area contributed by atoms with E-state index in [1.807, 2.05) is 55.9 Å². The molecule has 0 radical (unpaired) electrons. The van der Waals surface area contributed by atoms with Gasteiger partial charge in [-0.15, -0.1) is 0 Å². The fourth-order valence-electron chi connectivity index (χ4n) is 5.70. The van der Waals surface area contributed by atoms with Crippen LogP contribution in [0.2, 0.25) is 0 Å². The van der Waals surface area contributed by atoms with Crippen LogP contribution >= 0.6 is 0 Å². The Balaban J connectivity index is 1.60. The van der Waals surface area contributed by atoms with E-state index in [9.17, 15) is 10.0 Å². The molecule has 2 aromatic carbocycles. The van der Waals surface area contributed by atoms with Crippen molar-refractivity contribution < 1.29 is 28.9 Å². The summed E-state index contributed by atoms with van der Waals surface area (Å²) < 4.78 is 26.3. The Kier molecular flexibility index (Phi) is 4.34. The third kappa shape index (κ3) is 2.61. The lowest BCUT2D eigenvalue weighted by Gasteiger charge is -2.41. The van der Waals surface area contributed by atoms with Crippen molar-refractivity contribution in [3.8, 4) is 0 Å². The van der Waals surface area contributed by atoms with E-state index in [0.717, 1.165) is 16.0 Å². The van der Waals surface area contributed by atoms with Crippen LogP contribution in [-0.2, 0) is 31.5 Å². The number of carbonyl (C=O) groups is 1. The van der Waals surface area contributed by atoms with Crippen LogP contribution in [0.1, 0.15) is 29.8 Å². The number of nitrogens with zero attached hydrogens (tertiary/aromatic N) is 2. The topological polar surface area (TPSA) is 82.4 Å². The summed E-state index contributed by atoms with van der Waals surface area (Å²) in [4.78, 5) is 14.2. The second-order valence-corrected chi connectivity index (χ2v) is 9.32. The largest absolute Gasteiger partial charge is 0.376 e. The minimum Gasteiger partial charge on any atom is -0.376 e. The molecule has 0 saturated carbocycles. The Morgan fingerprint density at radius 3 is 2.55 bits per heavy atom. The van der Waals surface area contributed by atoms with Crippen molar-refractivity contribution in [2.75, 3.05) is 12.2 Å². The molecule has 3 aromatic rings. The maximum Gasteiger partial charge on any atom is 0.200 e. The fourth-order valence-corrected chi connectivity index (χ4v) is 5.70. The molecule has 5 atom stereocenters. The molecule has 33 heavy (non-hydrogen) atoms. The van der Waals surface area contributed by atoms with Crippen molar-refractivity contribution in [3.05, 3.63) is 65.9 Å². The summed E-state index contributed by atoms with van der Waals surface area (Å²) in [6, 6.07) is 14.8. The molecule has 8 heteroatoms. The number of hydrogen-bond acceptors (Lipinski definition) is 7. The highest BCUT2D eigenvalue weighted by molar-refractivity contribution is 6.16. The molecule has 3 unspecified atom stereocenters.